The lowest BCUT2D eigenvalue weighted by Crippen LogP contribution is -2.12. The minimum atomic E-state index is -0.286. The molecule has 0 radical (unpaired) electrons. The molecule has 0 atom stereocenters. The van der Waals surface area contributed by atoms with E-state index < -0.39 is 0 Å². The van der Waals surface area contributed by atoms with E-state index >= 15 is 0 Å². The second kappa shape index (κ2) is 5.70. The van der Waals surface area contributed by atoms with Crippen LogP contribution in [0.4, 0.5) is 0 Å². The fourth-order valence-electron chi connectivity index (χ4n) is 0.485. The Kier molecular flexibility index (Phi) is 5.15. The Morgan fingerprint density at radius 3 is 2.73 bits per heavy atom. The topological polar surface area (TPSA) is 41.9 Å². The summed E-state index contributed by atoms with van der Waals surface area (Å²) in [5.41, 5.74) is 0. The third-order valence-electron chi connectivity index (χ3n) is 0.838. The van der Waals surface area contributed by atoms with Gasteiger partial charge < -0.3 is 9.64 Å². The van der Waals surface area contributed by atoms with Gasteiger partial charge in [-0.05, 0) is 6.92 Å². The molecule has 0 aromatic heterocycles. The van der Waals surface area contributed by atoms with Crippen LogP contribution in [0.25, 0.3) is 0 Å². The van der Waals surface area contributed by atoms with Crippen LogP contribution >= 0.6 is 0 Å². The minimum Gasteiger partial charge on any atom is -0.465 e. The third-order valence-corrected chi connectivity index (χ3v) is 0.838. The van der Waals surface area contributed by atoms with Gasteiger partial charge in [-0.1, -0.05) is 0 Å². The number of rotatable bonds is 4. The number of aliphatic imine (C=N–C) groups is 1. The van der Waals surface area contributed by atoms with Crippen molar-refractivity contribution in [3.05, 3.63) is 0 Å². The van der Waals surface area contributed by atoms with Crippen molar-refractivity contribution in [2.45, 2.75) is 6.92 Å². The molecule has 0 fully saturated rings. The average Bonchev–Trinajstić information content (AvgIpc) is 1.87. The number of nitrogens with zero attached hydrogens (tertiary/aromatic N) is 2. The van der Waals surface area contributed by atoms with E-state index in [4.69, 9.17) is 0 Å². The highest BCUT2D eigenvalue weighted by molar-refractivity contribution is 5.73. The highest BCUT2D eigenvalue weighted by Gasteiger charge is 1.96. The van der Waals surface area contributed by atoms with E-state index in [9.17, 15) is 4.79 Å². The SMILES string of the molecule is CCOC(=O)C/N=C/N(C)C. The molecule has 0 saturated carbocycles. The Labute approximate surface area is 66.9 Å². The van der Waals surface area contributed by atoms with Crippen LogP contribution in [0.5, 0.6) is 0 Å². The molecule has 0 heterocycles. The van der Waals surface area contributed by atoms with Gasteiger partial charge in [0.2, 0.25) is 0 Å². The summed E-state index contributed by atoms with van der Waals surface area (Å²) >= 11 is 0. The van der Waals surface area contributed by atoms with E-state index in [-0.39, 0.29) is 12.5 Å². The van der Waals surface area contributed by atoms with E-state index in [1.807, 2.05) is 14.1 Å². The van der Waals surface area contributed by atoms with Crippen LogP contribution in [0.3, 0.4) is 0 Å². The lowest BCUT2D eigenvalue weighted by Gasteiger charge is -2.01. The highest BCUT2D eigenvalue weighted by atomic mass is 16.5. The van der Waals surface area contributed by atoms with Crippen LogP contribution in [-0.4, -0.2) is 44.5 Å². The van der Waals surface area contributed by atoms with Crippen LogP contribution in [0.1, 0.15) is 6.92 Å². The molecule has 0 aromatic carbocycles. The summed E-state index contributed by atoms with van der Waals surface area (Å²) < 4.78 is 4.65. The van der Waals surface area contributed by atoms with Crippen molar-refractivity contribution in [2.75, 3.05) is 27.2 Å². The minimum absolute atomic E-state index is 0.103. The van der Waals surface area contributed by atoms with Crippen LogP contribution < -0.4 is 0 Å². The van der Waals surface area contributed by atoms with Gasteiger partial charge in [-0.3, -0.25) is 9.79 Å². The molecule has 0 N–H and O–H groups in total. The Morgan fingerprint density at radius 1 is 1.64 bits per heavy atom. The normalized spacial score (nSPS) is 10.1. The monoisotopic (exact) mass is 158 g/mol. The first-order valence-corrected chi connectivity index (χ1v) is 3.48. The van der Waals surface area contributed by atoms with Gasteiger partial charge >= 0.3 is 5.97 Å². The van der Waals surface area contributed by atoms with E-state index in [1.165, 1.54) is 0 Å². The Morgan fingerprint density at radius 2 is 2.27 bits per heavy atom. The van der Waals surface area contributed by atoms with Gasteiger partial charge in [0.1, 0.15) is 6.54 Å². The molecule has 0 bridgehead atoms. The standard InChI is InChI=1S/C7H14N2O2/c1-4-11-7(10)5-8-6-9(2)3/h6H,4-5H2,1-3H3/b8-6+. The molecule has 0 amide bonds. The lowest BCUT2D eigenvalue weighted by molar-refractivity contribution is -0.141. The zero-order chi connectivity index (χ0) is 8.69. The van der Waals surface area contributed by atoms with E-state index in [2.05, 4.69) is 9.73 Å². The van der Waals surface area contributed by atoms with Gasteiger partial charge in [0.05, 0.1) is 12.9 Å². The maximum Gasteiger partial charge on any atom is 0.327 e. The molecule has 4 nitrogen and oxygen atoms in total. The summed E-state index contributed by atoms with van der Waals surface area (Å²) in [6.45, 7) is 2.29. The molecular formula is C7H14N2O2. The zero-order valence-electron chi connectivity index (χ0n) is 7.20. The van der Waals surface area contributed by atoms with Gasteiger partial charge in [0.15, 0.2) is 0 Å². The van der Waals surface area contributed by atoms with Crippen molar-refractivity contribution in [1.82, 2.24) is 4.90 Å². The maximum absolute atomic E-state index is 10.7. The smallest absolute Gasteiger partial charge is 0.327 e. The zero-order valence-corrected chi connectivity index (χ0v) is 7.20. The van der Waals surface area contributed by atoms with E-state index in [0.29, 0.717) is 6.61 Å². The lowest BCUT2D eigenvalue weighted by atomic mass is 10.7. The van der Waals surface area contributed by atoms with Crippen molar-refractivity contribution < 1.29 is 9.53 Å². The molecule has 0 rings (SSSR count). The van der Waals surface area contributed by atoms with Gasteiger partial charge in [0, 0.05) is 14.1 Å². The van der Waals surface area contributed by atoms with Crippen LogP contribution in [-0.2, 0) is 9.53 Å². The molecule has 0 spiro atoms. The molecular weight excluding hydrogens is 144 g/mol. The average molecular weight is 158 g/mol. The molecule has 64 valence electrons. The van der Waals surface area contributed by atoms with Crippen LogP contribution in [0.2, 0.25) is 0 Å². The highest BCUT2D eigenvalue weighted by Crippen LogP contribution is 1.78. The van der Waals surface area contributed by atoms with Gasteiger partial charge in [-0.2, -0.15) is 0 Å². The van der Waals surface area contributed by atoms with E-state index in [1.54, 1.807) is 18.2 Å². The number of carbonyl (C=O) groups is 1. The predicted molar refractivity (Wildman–Crippen MR) is 43.7 cm³/mol. The summed E-state index contributed by atoms with van der Waals surface area (Å²) in [5.74, 6) is -0.286. The van der Waals surface area contributed by atoms with Gasteiger partial charge in [-0.25, -0.2) is 0 Å². The summed E-state index contributed by atoms with van der Waals surface area (Å²) in [6.07, 6.45) is 1.58. The van der Waals surface area contributed by atoms with Gasteiger partial charge in [0.25, 0.3) is 0 Å². The summed E-state index contributed by atoms with van der Waals surface area (Å²) in [5, 5.41) is 0. The number of ether oxygens (including phenoxy) is 1. The number of carbonyl (C=O) groups excluding carboxylic acids is 1. The Bertz CT molecular complexity index is 143. The summed E-state index contributed by atoms with van der Waals surface area (Å²) in [6, 6.07) is 0. The van der Waals surface area contributed by atoms with Gasteiger partial charge in [-0.15, -0.1) is 0 Å². The van der Waals surface area contributed by atoms with Crippen molar-refractivity contribution in [2.24, 2.45) is 4.99 Å². The molecule has 4 heteroatoms. The second-order valence-electron chi connectivity index (χ2n) is 2.22. The quantitative estimate of drug-likeness (QED) is 0.332. The van der Waals surface area contributed by atoms with Crippen molar-refractivity contribution in [3.8, 4) is 0 Å². The third kappa shape index (κ3) is 6.83. The first kappa shape index (κ1) is 9.94. The predicted octanol–water partition coefficient (Wildman–Crippen LogP) is 0.139. The fourth-order valence-corrected chi connectivity index (χ4v) is 0.485. The molecule has 11 heavy (non-hydrogen) atoms. The van der Waals surface area contributed by atoms with Crippen molar-refractivity contribution >= 4 is 12.3 Å². The summed E-state index contributed by atoms with van der Waals surface area (Å²) in [7, 11) is 3.68. The van der Waals surface area contributed by atoms with Crippen LogP contribution in [0, 0.1) is 0 Å². The number of esters is 1. The Balaban J connectivity index is 3.45. The molecule has 0 aliphatic carbocycles. The molecule has 0 aliphatic heterocycles. The van der Waals surface area contributed by atoms with Crippen molar-refractivity contribution in [1.29, 1.82) is 0 Å². The fraction of sp³-hybridized carbons (Fsp3) is 0.714. The number of hydrogen-bond donors (Lipinski definition) is 0. The molecule has 0 saturated heterocycles. The molecule has 0 aromatic rings. The number of hydrogen-bond acceptors (Lipinski definition) is 3. The molecule has 0 unspecified atom stereocenters. The largest absolute Gasteiger partial charge is 0.465 e. The maximum atomic E-state index is 10.7. The van der Waals surface area contributed by atoms with E-state index in [0.717, 1.165) is 0 Å². The first-order valence-electron chi connectivity index (χ1n) is 3.48. The molecule has 0 aliphatic rings. The first-order chi connectivity index (χ1) is 5.16. The van der Waals surface area contributed by atoms with Crippen molar-refractivity contribution in [3.63, 3.8) is 0 Å². The van der Waals surface area contributed by atoms with Crippen LogP contribution in [0.15, 0.2) is 4.99 Å². The summed E-state index contributed by atoms with van der Waals surface area (Å²) in [4.78, 5) is 16.2. The Hall–Kier alpha value is -1.06. The second-order valence-corrected chi connectivity index (χ2v) is 2.22.